The van der Waals surface area contributed by atoms with Gasteiger partial charge in [-0.1, -0.05) is 12.1 Å². The lowest BCUT2D eigenvalue weighted by molar-refractivity contribution is 0.144. The average molecular weight is 290 g/mol. The molecule has 2 aromatic heterocycles. The van der Waals surface area contributed by atoms with Crippen molar-refractivity contribution in [3.8, 4) is 0 Å². The van der Waals surface area contributed by atoms with Crippen LogP contribution >= 0.6 is 0 Å². The van der Waals surface area contributed by atoms with Gasteiger partial charge in [0.1, 0.15) is 0 Å². The largest absolute Gasteiger partial charge is 0.339 e. The molecule has 0 bridgehead atoms. The Kier molecular flexibility index (Phi) is 4.31. The van der Waals surface area contributed by atoms with Crippen LogP contribution in [0.2, 0.25) is 0 Å². The van der Waals surface area contributed by atoms with E-state index in [9.17, 15) is 0 Å². The van der Waals surface area contributed by atoms with E-state index in [1.54, 1.807) is 6.20 Å². The first kappa shape index (κ1) is 14.2. The maximum atomic E-state index is 5.40. The van der Waals surface area contributed by atoms with Crippen molar-refractivity contribution in [1.82, 2.24) is 29.7 Å². The highest BCUT2D eigenvalue weighted by atomic mass is 16.5. The summed E-state index contributed by atoms with van der Waals surface area (Å²) in [5.41, 5.74) is 0. The Morgan fingerprint density at radius 2 is 2.10 bits per heavy atom. The van der Waals surface area contributed by atoms with E-state index in [4.69, 9.17) is 4.52 Å². The second-order valence-corrected chi connectivity index (χ2v) is 5.76. The molecule has 3 heterocycles. The first-order valence-corrected chi connectivity index (χ1v) is 7.41. The van der Waals surface area contributed by atoms with Crippen molar-refractivity contribution in [3.05, 3.63) is 30.2 Å². The van der Waals surface area contributed by atoms with Crippen LogP contribution in [-0.2, 0) is 13.1 Å². The van der Waals surface area contributed by atoms with Gasteiger partial charge in [0.2, 0.25) is 5.89 Å². The predicted molar refractivity (Wildman–Crippen MR) is 77.7 cm³/mol. The Morgan fingerprint density at radius 1 is 1.29 bits per heavy atom. The maximum Gasteiger partial charge on any atom is 0.231 e. The summed E-state index contributed by atoms with van der Waals surface area (Å²) in [6.45, 7) is 7.91. The molecule has 7 heteroatoms. The molecule has 21 heavy (non-hydrogen) atoms. The van der Waals surface area contributed by atoms with E-state index in [2.05, 4.69) is 39.0 Å². The van der Waals surface area contributed by atoms with Crippen molar-refractivity contribution < 1.29 is 4.52 Å². The molecule has 0 spiro atoms. The third-order valence-corrected chi connectivity index (χ3v) is 3.89. The summed E-state index contributed by atoms with van der Waals surface area (Å²) in [5.74, 6) is 1.63. The van der Waals surface area contributed by atoms with Gasteiger partial charge in [-0.3, -0.25) is 9.58 Å². The zero-order valence-corrected chi connectivity index (χ0v) is 12.6. The van der Waals surface area contributed by atoms with Crippen LogP contribution in [0.15, 0.2) is 23.0 Å². The van der Waals surface area contributed by atoms with Crippen LogP contribution in [0.1, 0.15) is 24.6 Å². The van der Waals surface area contributed by atoms with Gasteiger partial charge in [-0.25, -0.2) is 0 Å². The number of hydrogen-bond donors (Lipinski definition) is 0. The third-order valence-electron chi connectivity index (χ3n) is 3.89. The van der Waals surface area contributed by atoms with Gasteiger partial charge >= 0.3 is 0 Å². The van der Waals surface area contributed by atoms with Crippen LogP contribution in [0, 0.1) is 0 Å². The zero-order valence-electron chi connectivity index (χ0n) is 12.6. The molecule has 1 fully saturated rings. The summed E-state index contributed by atoms with van der Waals surface area (Å²) >= 11 is 0. The molecule has 0 N–H and O–H groups in total. The Morgan fingerprint density at radius 3 is 2.81 bits per heavy atom. The van der Waals surface area contributed by atoms with Gasteiger partial charge in [0.15, 0.2) is 5.82 Å². The number of aromatic nitrogens is 4. The second kappa shape index (κ2) is 6.36. The smallest absolute Gasteiger partial charge is 0.231 e. The molecule has 1 aliphatic heterocycles. The third kappa shape index (κ3) is 3.68. The summed E-state index contributed by atoms with van der Waals surface area (Å²) < 4.78 is 7.28. The van der Waals surface area contributed by atoms with Gasteiger partial charge in [-0.15, -0.1) is 0 Å². The van der Waals surface area contributed by atoms with E-state index < -0.39 is 0 Å². The van der Waals surface area contributed by atoms with Gasteiger partial charge in [-0.2, -0.15) is 10.1 Å². The van der Waals surface area contributed by atoms with Crippen molar-refractivity contribution in [2.75, 3.05) is 33.2 Å². The summed E-state index contributed by atoms with van der Waals surface area (Å²) in [6.07, 6.45) is 3.72. The lowest BCUT2D eigenvalue weighted by Gasteiger charge is -2.31. The molecule has 1 unspecified atom stereocenters. The zero-order chi connectivity index (χ0) is 14.7. The quantitative estimate of drug-likeness (QED) is 0.812. The summed E-state index contributed by atoms with van der Waals surface area (Å²) in [4.78, 5) is 9.24. The minimum atomic E-state index is 0.165. The van der Waals surface area contributed by atoms with Crippen molar-refractivity contribution in [3.63, 3.8) is 0 Å². The van der Waals surface area contributed by atoms with Crippen molar-refractivity contribution in [2.45, 2.75) is 25.9 Å². The number of piperazine rings is 1. The van der Waals surface area contributed by atoms with E-state index in [0.29, 0.717) is 5.89 Å². The van der Waals surface area contributed by atoms with Gasteiger partial charge in [0, 0.05) is 38.6 Å². The van der Waals surface area contributed by atoms with E-state index in [-0.39, 0.29) is 5.92 Å². The number of hydrogen-bond acceptors (Lipinski definition) is 6. The van der Waals surface area contributed by atoms with Crippen molar-refractivity contribution in [1.29, 1.82) is 0 Å². The number of nitrogens with zero attached hydrogens (tertiary/aromatic N) is 6. The standard InChI is InChI=1S/C14H22N6O/c1-12(10-20-5-3-4-15-20)14-16-13(17-21-14)11-19-8-6-18(2)7-9-19/h3-5,12H,6-11H2,1-2H3. The molecular weight excluding hydrogens is 268 g/mol. The molecule has 7 nitrogen and oxygen atoms in total. The van der Waals surface area contributed by atoms with Gasteiger partial charge < -0.3 is 9.42 Å². The molecule has 1 atom stereocenters. The highest BCUT2D eigenvalue weighted by Crippen LogP contribution is 2.15. The Hall–Kier alpha value is -1.73. The number of rotatable bonds is 5. The topological polar surface area (TPSA) is 63.2 Å². The van der Waals surface area contributed by atoms with Crippen LogP contribution < -0.4 is 0 Å². The van der Waals surface area contributed by atoms with Crippen molar-refractivity contribution in [2.24, 2.45) is 0 Å². The Labute approximate surface area is 124 Å². The van der Waals surface area contributed by atoms with Gasteiger partial charge in [0.25, 0.3) is 0 Å². The van der Waals surface area contributed by atoms with E-state index >= 15 is 0 Å². The van der Waals surface area contributed by atoms with Crippen LogP contribution in [0.3, 0.4) is 0 Å². The molecule has 3 rings (SSSR count). The van der Waals surface area contributed by atoms with E-state index in [1.165, 1.54) is 0 Å². The normalized spacial score (nSPS) is 19.0. The summed E-state index contributed by atoms with van der Waals surface area (Å²) in [7, 11) is 2.15. The molecule has 0 aromatic carbocycles. The lowest BCUT2D eigenvalue weighted by atomic mass is 10.2. The molecule has 114 valence electrons. The van der Waals surface area contributed by atoms with Crippen LogP contribution in [0.25, 0.3) is 0 Å². The highest BCUT2D eigenvalue weighted by Gasteiger charge is 2.19. The minimum absolute atomic E-state index is 0.165. The molecule has 0 saturated carbocycles. The average Bonchev–Trinajstić information content (AvgIpc) is 3.13. The monoisotopic (exact) mass is 290 g/mol. The first-order chi connectivity index (χ1) is 10.2. The number of likely N-dealkylation sites (N-methyl/N-ethyl adjacent to an activating group) is 1. The molecule has 1 saturated heterocycles. The van der Waals surface area contributed by atoms with Crippen LogP contribution in [-0.4, -0.2) is 62.9 Å². The molecule has 0 aliphatic carbocycles. The minimum Gasteiger partial charge on any atom is -0.339 e. The fourth-order valence-corrected chi connectivity index (χ4v) is 2.50. The summed E-state index contributed by atoms with van der Waals surface area (Å²) in [6, 6.07) is 1.92. The highest BCUT2D eigenvalue weighted by molar-refractivity contribution is 4.93. The van der Waals surface area contributed by atoms with E-state index in [1.807, 2.05) is 16.9 Å². The van der Waals surface area contributed by atoms with Crippen LogP contribution in [0.5, 0.6) is 0 Å². The van der Waals surface area contributed by atoms with Gasteiger partial charge in [-0.05, 0) is 13.1 Å². The first-order valence-electron chi connectivity index (χ1n) is 7.41. The van der Waals surface area contributed by atoms with Gasteiger partial charge in [0.05, 0.1) is 19.0 Å². The SMILES string of the molecule is CC(Cn1cccn1)c1nc(CN2CCN(C)CC2)no1. The fraction of sp³-hybridized carbons (Fsp3) is 0.643. The van der Waals surface area contributed by atoms with Crippen LogP contribution in [0.4, 0.5) is 0 Å². The van der Waals surface area contributed by atoms with E-state index in [0.717, 1.165) is 45.1 Å². The molecule has 0 amide bonds. The summed E-state index contributed by atoms with van der Waals surface area (Å²) in [5, 5.41) is 8.31. The second-order valence-electron chi connectivity index (χ2n) is 5.76. The molecule has 1 aliphatic rings. The van der Waals surface area contributed by atoms with Crippen molar-refractivity contribution >= 4 is 0 Å². The molecule has 2 aromatic rings. The Bertz CT molecular complexity index is 544. The fourth-order valence-electron chi connectivity index (χ4n) is 2.50. The predicted octanol–water partition coefficient (Wildman–Crippen LogP) is 0.817. The lowest BCUT2D eigenvalue weighted by Crippen LogP contribution is -2.44. The Balaban J connectivity index is 1.55. The molecular formula is C14H22N6O. The molecule has 0 radical (unpaired) electrons. The maximum absolute atomic E-state index is 5.40.